The lowest BCUT2D eigenvalue weighted by Gasteiger charge is -2.14. The summed E-state index contributed by atoms with van der Waals surface area (Å²) in [5.41, 5.74) is 3.10. The molecule has 152 valence electrons. The van der Waals surface area contributed by atoms with E-state index in [0.29, 0.717) is 11.3 Å². The van der Waals surface area contributed by atoms with Crippen LogP contribution in [-0.4, -0.2) is 40.5 Å². The van der Waals surface area contributed by atoms with Crippen molar-refractivity contribution in [2.24, 2.45) is 5.10 Å². The predicted molar refractivity (Wildman–Crippen MR) is 112 cm³/mol. The molecule has 4 aromatic rings. The highest BCUT2D eigenvalue weighted by atomic mass is 35.5. The van der Waals surface area contributed by atoms with Gasteiger partial charge in [0.05, 0.1) is 23.1 Å². The SMILES string of the molecule is CN(N=Cc1cnc2ccc(-c3cccnc3)cn12)S(=O)(=O)c1ccc(F)cc1Cl. The fraction of sp³-hybridized carbons (Fsp3) is 0.0500. The number of benzene rings is 1. The van der Waals surface area contributed by atoms with E-state index in [1.165, 1.54) is 13.3 Å². The molecule has 0 amide bonds. The maximum absolute atomic E-state index is 13.2. The number of hydrazone groups is 1. The van der Waals surface area contributed by atoms with E-state index in [2.05, 4.69) is 15.1 Å². The average Bonchev–Trinajstić information content (AvgIpc) is 3.14. The van der Waals surface area contributed by atoms with Gasteiger partial charge >= 0.3 is 0 Å². The molecule has 0 unspecified atom stereocenters. The van der Waals surface area contributed by atoms with Crippen molar-refractivity contribution in [3.8, 4) is 11.1 Å². The standard InChI is InChI=1S/C20H15ClFN5O2S/c1-26(30(28,29)19-6-5-16(22)9-18(19)21)25-12-17-11-24-20-7-4-15(13-27(17)20)14-3-2-8-23-10-14/h2-13H,1H3. The fourth-order valence-electron chi connectivity index (χ4n) is 2.83. The minimum Gasteiger partial charge on any atom is -0.298 e. The molecule has 0 radical (unpaired) electrons. The van der Waals surface area contributed by atoms with E-state index in [1.54, 1.807) is 23.0 Å². The van der Waals surface area contributed by atoms with Gasteiger partial charge in [0.15, 0.2) is 0 Å². The fourth-order valence-corrected chi connectivity index (χ4v) is 4.29. The Bertz CT molecular complexity index is 1360. The number of halogens is 2. The molecule has 0 N–H and O–H groups in total. The van der Waals surface area contributed by atoms with Crippen molar-refractivity contribution in [2.45, 2.75) is 4.90 Å². The summed E-state index contributed by atoms with van der Waals surface area (Å²) in [5.74, 6) is -0.625. The largest absolute Gasteiger partial charge is 0.298 e. The molecule has 1 aromatic carbocycles. The molecule has 4 rings (SSSR count). The zero-order valence-electron chi connectivity index (χ0n) is 15.6. The third kappa shape index (κ3) is 3.77. The predicted octanol–water partition coefficient (Wildman–Crippen LogP) is 3.84. The van der Waals surface area contributed by atoms with Crippen molar-refractivity contribution < 1.29 is 12.8 Å². The third-order valence-electron chi connectivity index (χ3n) is 4.40. The maximum Gasteiger partial charge on any atom is 0.280 e. The van der Waals surface area contributed by atoms with Crippen LogP contribution in [0.25, 0.3) is 16.8 Å². The second-order valence-electron chi connectivity index (χ2n) is 6.33. The van der Waals surface area contributed by atoms with Crippen LogP contribution in [0, 0.1) is 5.82 Å². The van der Waals surface area contributed by atoms with Crippen LogP contribution < -0.4 is 0 Å². The molecule has 0 atom stereocenters. The van der Waals surface area contributed by atoms with Gasteiger partial charge in [-0.1, -0.05) is 17.7 Å². The van der Waals surface area contributed by atoms with Crippen molar-refractivity contribution >= 4 is 33.5 Å². The van der Waals surface area contributed by atoms with Gasteiger partial charge in [0.25, 0.3) is 10.0 Å². The lowest BCUT2D eigenvalue weighted by atomic mass is 10.1. The van der Waals surface area contributed by atoms with Crippen LogP contribution in [0.4, 0.5) is 4.39 Å². The smallest absolute Gasteiger partial charge is 0.280 e. The van der Waals surface area contributed by atoms with Gasteiger partial charge < -0.3 is 0 Å². The summed E-state index contributed by atoms with van der Waals surface area (Å²) in [6.45, 7) is 0. The van der Waals surface area contributed by atoms with E-state index in [9.17, 15) is 12.8 Å². The lowest BCUT2D eigenvalue weighted by molar-refractivity contribution is 0.490. The molecular weight excluding hydrogens is 429 g/mol. The normalized spacial score (nSPS) is 12.0. The lowest BCUT2D eigenvalue weighted by Crippen LogP contribution is -2.22. The van der Waals surface area contributed by atoms with Crippen LogP contribution in [-0.2, 0) is 10.0 Å². The molecule has 3 heterocycles. The van der Waals surface area contributed by atoms with Crippen molar-refractivity contribution in [2.75, 3.05) is 7.05 Å². The van der Waals surface area contributed by atoms with Crippen LogP contribution in [0.1, 0.15) is 5.69 Å². The topological polar surface area (TPSA) is 79.9 Å². The number of hydrogen-bond acceptors (Lipinski definition) is 5. The number of rotatable bonds is 5. The summed E-state index contributed by atoms with van der Waals surface area (Å²) in [4.78, 5) is 8.19. The minimum absolute atomic E-state index is 0.215. The molecule has 0 spiro atoms. The third-order valence-corrected chi connectivity index (χ3v) is 6.53. The molecule has 0 bridgehead atoms. The monoisotopic (exact) mass is 443 g/mol. The van der Waals surface area contributed by atoms with Crippen molar-refractivity contribution in [1.82, 2.24) is 18.8 Å². The number of hydrogen-bond donors (Lipinski definition) is 0. The molecule has 30 heavy (non-hydrogen) atoms. The number of fused-ring (bicyclic) bond motifs is 1. The summed E-state index contributed by atoms with van der Waals surface area (Å²) < 4.78 is 41.2. The number of imidazole rings is 1. The molecule has 0 aliphatic heterocycles. The van der Waals surface area contributed by atoms with E-state index in [4.69, 9.17) is 11.6 Å². The zero-order chi connectivity index (χ0) is 21.3. The summed E-state index contributed by atoms with van der Waals surface area (Å²) >= 11 is 5.89. The van der Waals surface area contributed by atoms with Crippen LogP contribution in [0.2, 0.25) is 5.02 Å². The van der Waals surface area contributed by atoms with Gasteiger partial charge in [0.2, 0.25) is 0 Å². The van der Waals surface area contributed by atoms with Gasteiger partial charge in [0.1, 0.15) is 16.4 Å². The Balaban J connectivity index is 1.66. The second-order valence-corrected chi connectivity index (χ2v) is 8.65. The summed E-state index contributed by atoms with van der Waals surface area (Å²) in [7, 11) is -2.77. The van der Waals surface area contributed by atoms with Crippen LogP contribution in [0.15, 0.2) is 77.2 Å². The first-order valence-corrected chi connectivity index (χ1v) is 10.5. The Kier molecular flexibility index (Phi) is 5.23. The maximum atomic E-state index is 13.2. The van der Waals surface area contributed by atoms with E-state index in [0.717, 1.165) is 33.7 Å². The molecule has 0 aliphatic carbocycles. The van der Waals surface area contributed by atoms with Crippen LogP contribution in [0.5, 0.6) is 0 Å². The van der Waals surface area contributed by atoms with Gasteiger partial charge in [-0.25, -0.2) is 9.37 Å². The van der Waals surface area contributed by atoms with Gasteiger partial charge in [0, 0.05) is 36.8 Å². The molecule has 3 aromatic heterocycles. The highest BCUT2D eigenvalue weighted by Gasteiger charge is 2.23. The van der Waals surface area contributed by atoms with Gasteiger partial charge in [-0.3, -0.25) is 9.38 Å². The Morgan fingerprint density at radius 1 is 1.17 bits per heavy atom. The summed E-state index contributed by atoms with van der Waals surface area (Å²) in [6.07, 6.45) is 8.27. The molecule has 0 saturated heterocycles. The quantitative estimate of drug-likeness (QED) is 0.346. The number of sulfonamides is 1. The average molecular weight is 444 g/mol. The zero-order valence-corrected chi connectivity index (χ0v) is 17.2. The first kappa shape index (κ1) is 20.0. The van der Waals surface area contributed by atoms with Crippen molar-refractivity contribution in [3.63, 3.8) is 0 Å². The van der Waals surface area contributed by atoms with E-state index in [-0.39, 0.29) is 9.92 Å². The van der Waals surface area contributed by atoms with Crippen molar-refractivity contribution in [1.29, 1.82) is 0 Å². The van der Waals surface area contributed by atoms with Crippen LogP contribution >= 0.6 is 11.6 Å². The van der Waals surface area contributed by atoms with Gasteiger partial charge in [-0.05, 0) is 36.4 Å². The molecule has 0 aliphatic rings. The van der Waals surface area contributed by atoms with Gasteiger partial charge in [-0.15, -0.1) is 0 Å². The highest BCUT2D eigenvalue weighted by Crippen LogP contribution is 2.25. The Morgan fingerprint density at radius 2 is 2.00 bits per heavy atom. The second kappa shape index (κ2) is 7.85. The van der Waals surface area contributed by atoms with E-state index < -0.39 is 15.8 Å². The molecular formula is C20H15ClFN5O2S. The molecule has 0 fully saturated rings. The Labute approximate surface area is 177 Å². The van der Waals surface area contributed by atoms with Crippen molar-refractivity contribution in [3.05, 3.63) is 83.8 Å². The van der Waals surface area contributed by atoms with Crippen LogP contribution in [0.3, 0.4) is 0 Å². The van der Waals surface area contributed by atoms with E-state index in [1.807, 2.05) is 30.5 Å². The number of aromatic nitrogens is 3. The first-order chi connectivity index (χ1) is 14.4. The summed E-state index contributed by atoms with van der Waals surface area (Å²) in [6, 6.07) is 10.6. The van der Waals surface area contributed by atoms with E-state index >= 15 is 0 Å². The summed E-state index contributed by atoms with van der Waals surface area (Å²) in [5, 5.41) is 3.81. The Morgan fingerprint density at radius 3 is 2.73 bits per heavy atom. The molecule has 10 heteroatoms. The molecule has 0 saturated carbocycles. The Hall–Kier alpha value is -3.30. The minimum atomic E-state index is -4.05. The number of nitrogens with zero attached hydrogens (tertiary/aromatic N) is 5. The molecule has 7 nitrogen and oxygen atoms in total. The first-order valence-electron chi connectivity index (χ1n) is 8.72. The number of pyridine rings is 2. The highest BCUT2D eigenvalue weighted by molar-refractivity contribution is 7.89. The van der Waals surface area contributed by atoms with Gasteiger partial charge in [-0.2, -0.15) is 17.9 Å².